The summed E-state index contributed by atoms with van der Waals surface area (Å²) in [4.78, 5) is 13.7. The highest BCUT2D eigenvalue weighted by Crippen LogP contribution is 2.35. The third-order valence-electron chi connectivity index (χ3n) is 2.71. The number of carbonyl (C=O) groups excluding carboxylic acids is 1. The lowest BCUT2D eigenvalue weighted by atomic mass is 10.1. The number of carbonyl (C=O) groups is 1. The van der Waals surface area contributed by atoms with Crippen LogP contribution in [0.4, 0.5) is 11.4 Å². The summed E-state index contributed by atoms with van der Waals surface area (Å²) in [5, 5.41) is 3.16. The fraction of sp³-hybridized carbons (Fsp3) is 0.417. The predicted octanol–water partition coefficient (Wildman–Crippen LogP) is 2.93. The molecular weight excluding hydrogens is 268 g/mol. The van der Waals surface area contributed by atoms with E-state index in [4.69, 9.17) is 0 Å². The molecular formula is C12H15BrN2O. The van der Waals surface area contributed by atoms with Gasteiger partial charge in [0, 0.05) is 11.0 Å². The number of nitrogens with zero attached hydrogens (tertiary/aromatic N) is 1. The van der Waals surface area contributed by atoms with Gasteiger partial charge in [0.05, 0.1) is 17.9 Å². The molecule has 86 valence electrons. The Kier molecular flexibility index (Phi) is 3.19. The molecule has 16 heavy (non-hydrogen) atoms. The van der Waals surface area contributed by atoms with Crippen molar-refractivity contribution in [3.05, 3.63) is 22.2 Å². The molecule has 1 heterocycles. The highest BCUT2D eigenvalue weighted by Gasteiger charge is 2.24. The van der Waals surface area contributed by atoms with Crippen molar-refractivity contribution in [1.82, 2.24) is 0 Å². The lowest BCUT2D eigenvalue weighted by Crippen LogP contribution is -2.40. The second kappa shape index (κ2) is 4.45. The van der Waals surface area contributed by atoms with Gasteiger partial charge in [-0.25, -0.2) is 0 Å². The molecule has 1 N–H and O–H groups in total. The van der Waals surface area contributed by atoms with Crippen molar-refractivity contribution in [2.45, 2.75) is 20.3 Å². The second-order valence-electron chi connectivity index (χ2n) is 4.02. The molecule has 0 unspecified atom stereocenters. The molecule has 0 aromatic heterocycles. The number of amides is 1. The van der Waals surface area contributed by atoms with Gasteiger partial charge in [0.15, 0.2) is 0 Å². The molecule has 1 amide bonds. The normalized spacial score (nSPS) is 14.7. The molecule has 1 aromatic rings. The molecule has 3 nitrogen and oxygen atoms in total. The Bertz CT molecular complexity index is 431. The number of aryl methyl sites for hydroxylation is 1. The minimum absolute atomic E-state index is 0.153. The van der Waals surface area contributed by atoms with Gasteiger partial charge in [0.1, 0.15) is 0 Å². The lowest BCUT2D eigenvalue weighted by Gasteiger charge is -2.31. The first-order chi connectivity index (χ1) is 7.63. The van der Waals surface area contributed by atoms with Crippen LogP contribution in [0.2, 0.25) is 0 Å². The number of benzene rings is 1. The maximum Gasteiger partial charge on any atom is 0.246 e. The van der Waals surface area contributed by atoms with Gasteiger partial charge in [-0.05, 0) is 31.0 Å². The summed E-state index contributed by atoms with van der Waals surface area (Å²) in [7, 11) is 0. The van der Waals surface area contributed by atoms with Crippen molar-refractivity contribution < 1.29 is 4.79 Å². The zero-order chi connectivity index (χ0) is 11.7. The number of nitrogens with one attached hydrogen (secondary N) is 1. The second-order valence-corrected chi connectivity index (χ2v) is 4.93. The van der Waals surface area contributed by atoms with Gasteiger partial charge in [-0.15, -0.1) is 0 Å². The van der Waals surface area contributed by atoms with E-state index in [1.165, 1.54) is 0 Å². The minimum atomic E-state index is 0.153. The number of hydrogen-bond donors (Lipinski definition) is 1. The summed E-state index contributed by atoms with van der Waals surface area (Å²) < 4.78 is 1.04. The number of hydrogen-bond acceptors (Lipinski definition) is 2. The molecule has 0 atom stereocenters. The summed E-state index contributed by atoms with van der Waals surface area (Å²) in [6.07, 6.45) is 0.973. The van der Waals surface area contributed by atoms with Crippen molar-refractivity contribution in [3.8, 4) is 0 Å². The van der Waals surface area contributed by atoms with Gasteiger partial charge < -0.3 is 10.2 Å². The van der Waals surface area contributed by atoms with E-state index >= 15 is 0 Å². The molecule has 1 aliphatic heterocycles. The standard InChI is InChI=1S/C12H15BrN2O/c1-3-4-15-11(16)7-14-10-6-9(13)5-8(2)12(10)15/h5-6,14H,3-4,7H2,1-2H3. The smallest absolute Gasteiger partial charge is 0.246 e. The fourth-order valence-electron chi connectivity index (χ4n) is 2.08. The number of halogens is 1. The van der Waals surface area contributed by atoms with Crippen molar-refractivity contribution in [2.24, 2.45) is 0 Å². The predicted molar refractivity (Wildman–Crippen MR) is 70.0 cm³/mol. The molecule has 0 aliphatic carbocycles. The van der Waals surface area contributed by atoms with Crippen LogP contribution in [0.25, 0.3) is 0 Å². The van der Waals surface area contributed by atoms with Crippen molar-refractivity contribution >= 4 is 33.2 Å². The van der Waals surface area contributed by atoms with Crippen molar-refractivity contribution in [1.29, 1.82) is 0 Å². The van der Waals surface area contributed by atoms with Gasteiger partial charge in [-0.1, -0.05) is 22.9 Å². The van der Waals surface area contributed by atoms with Gasteiger partial charge in [-0.2, -0.15) is 0 Å². The first kappa shape index (κ1) is 11.5. The van der Waals surface area contributed by atoms with Gasteiger partial charge in [0.25, 0.3) is 0 Å². The molecule has 0 radical (unpaired) electrons. The SMILES string of the molecule is CCCN1C(=O)CNc2cc(Br)cc(C)c21. The van der Waals surface area contributed by atoms with Crippen LogP contribution in [0.15, 0.2) is 16.6 Å². The molecule has 0 spiro atoms. The number of anilines is 2. The molecule has 0 saturated heterocycles. The molecule has 1 aliphatic rings. The highest BCUT2D eigenvalue weighted by atomic mass is 79.9. The van der Waals surface area contributed by atoms with Crippen molar-refractivity contribution in [3.63, 3.8) is 0 Å². The van der Waals surface area contributed by atoms with Crippen LogP contribution in [0.5, 0.6) is 0 Å². The molecule has 0 saturated carbocycles. The Morgan fingerprint density at radius 1 is 1.50 bits per heavy atom. The van der Waals surface area contributed by atoms with Gasteiger partial charge >= 0.3 is 0 Å². The third kappa shape index (κ3) is 1.94. The Labute approximate surface area is 104 Å². The highest BCUT2D eigenvalue weighted by molar-refractivity contribution is 9.10. The lowest BCUT2D eigenvalue weighted by molar-refractivity contribution is -0.117. The van der Waals surface area contributed by atoms with Crippen LogP contribution in [-0.2, 0) is 4.79 Å². The molecule has 0 fully saturated rings. The molecule has 0 bridgehead atoms. The van der Waals surface area contributed by atoms with E-state index in [-0.39, 0.29) is 5.91 Å². The zero-order valence-corrected chi connectivity index (χ0v) is 11.1. The van der Waals surface area contributed by atoms with Gasteiger partial charge in [0.2, 0.25) is 5.91 Å². The molecule has 1 aromatic carbocycles. The minimum Gasteiger partial charge on any atom is -0.374 e. The van der Waals surface area contributed by atoms with Crippen LogP contribution in [0, 0.1) is 6.92 Å². The molecule has 2 rings (SSSR count). The van der Waals surface area contributed by atoms with E-state index < -0.39 is 0 Å². The van der Waals surface area contributed by atoms with E-state index in [0.717, 1.165) is 34.4 Å². The number of fused-ring (bicyclic) bond motifs is 1. The topological polar surface area (TPSA) is 32.3 Å². The van der Waals surface area contributed by atoms with Crippen molar-refractivity contribution in [2.75, 3.05) is 23.3 Å². The van der Waals surface area contributed by atoms with Crippen LogP contribution >= 0.6 is 15.9 Å². The Morgan fingerprint density at radius 2 is 2.25 bits per heavy atom. The summed E-state index contributed by atoms with van der Waals surface area (Å²) in [5.74, 6) is 0.153. The van der Waals surface area contributed by atoms with Crippen LogP contribution in [-0.4, -0.2) is 19.0 Å². The zero-order valence-electron chi connectivity index (χ0n) is 9.51. The van der Waals surface area contributed by atoms with E-state index in [1.54, 1.807) is 0 Å². The Morgan fingerprint density at radius 3 is 2.94 bits per heavy atom. The largest absolute Gasteiger partial charge is 0.374 e. The fourth-order valence-corrected chi connectivity index (χ4v) is 2.65. The van der Waals surface area contributed by atoms with Crippen LogP contribution in [0.3, 0.4) is 0 Å². The maximum atomic E-state index is 11.8. The van der Waals surface area contributed by atoms with E-state index in [1.807, 2.05) is 24.0 Å². The average Bonchev–Trinajstić information content (AvgIpc) is 2.22. The third-order valence-corrected chi connectivity index (χ3v) is 3.17. The van der Waals surface area contributed by atoms with E-state index in [2.05, 4.69) is 28.2 Å². The van der Waals surface area contributed by atoms with Gasteiger partial charge in [-0.3, -0.25) is 4.79 Å². The first-order valence-electron chi connectivity index (χ1n) is 5.48. The van der Waals surface area contributed by atoms with Crippen LogP contribution < -0.4 is 10.2 Å². The Balaban J connectivity index is 2.50. The molecule has 4 heteroatoms. The Hall–Kier alpha value is -1.03. The average molecular weight is 283 g/mol. The maximum absolute atomic E-state index is 11.8. The summed E-state index contributed by atoms with van der Waals surface area (Å²) >= 11 is 3.47. The quantitative estimate of drug-likeness (QED) is 0.905. The number of rotatable bonds is 2. The van der Waals surface area contributed by atoms with E-state index in [0.29, 0.717) is 6.54 Å². The first-order valence-corrected chi connectivity index (χ1v) is 6.27. The summed E-state index contributed by atoms with van der Waals surface area (Å²) in [5.41, 5.74) is 3.19. The summed E-state index contributed by atoms with van der Waals surface area (Å²) in [6.45, 7) is 5.30. The monoisotopic (exact) mass is 282 g/mol. The van der Waals surface area contributed by atoms with E-state index in [9.17, 15) is 4.79 Å². The summed E-state index contributed by atoms with van der Waals surface area (Å²) in [6, 6.07) is 4.07. The van der Waals surface area contributed by atoms with Crippen LogP contribution in [0.1, 0.15) is 18.9 Å².